The van der Waals surface area contributed by atoms with E-state index in [1.165, 1.54) is 0 Å². The van der Waals surface area contributed by atoms with Crippen molar-refractivity contribution < 1.29 is 9.53 Å². The summed E-state index contributed by atoms with van der Waals surface area (Å²) in [7, 11) is 1.76. The van der Waals surface area contributed by atoms with Crippen LogP contribution in [0.1, 0.15) is 5.69 Å². The molecule has 5 nitrogen and oxygen atoms in total. The molecule has 0 aromatic carbocycles. The number of carbonyl (C=O) groups excluding carboxylic acids is 1. The lowest BCUT2D eigenvalue weighted by atomic mass is 10.5. The van der Waals surface area contributed by atoms with E-state index in [-0.39, 0.29) is 6.61 Å². The smallest absolute Gasteiger partial charge is 0.404 e. The van der Waals surface area contributed by atoms with E-state index in [0.29, 0.717) is 0 Å². The molecule has 0 atom stereocenters. The first-order valence-corrected chi connectivity index (χ1v) is 3.09. The molecule has 0 aliphatic heterocycles. The summed E-state index contributed by atoms with van der Waals surface area (Å²) in [5, 5.41) is 3.88. The lowest BCUT2D eigenvalue weighted by Gasteiger charge is -2.00. The van der Waals surface area contributed by atoms with Gasteiger partial charge in [-0.15, -0.1) is 0 Å². The zero-order chi connectivity index (χ0) is 8.27. The predicted octanol–water partition coefficient (Wildman–Crippen LogP) is 0.0154. The highest BCUT2D eigenvalue weighted by Crippen LogP contribution is 1.97. The maximum Gasteiger partial charge on any atom is 0.404 e. The lowest BCUT2D eigenvalue weighted by molar-refractivity contribution is 0.147. The molecule has 0 aliphatic rings. The molecule has 0 spiro atoms. The van der Waals surface area contributed by atoms with Crippen LogP contribution in [0, 0.1) is 0 Å². The second-order valence-corrected chi connectivity index (χ2v) is 2.05. The van der Waals surface area contributed by atoms with Crippen molar-refractivity contribution in [3.8, 4) is 0 Å². The number of aryl methyl sites for hydroxylation is 1. The SMILES string of the molecule is Cn1nccc1COC(N)=O. The van der Waals surface area contributed by atoms with Crippen LogP contribution < -0.4 is 5.73 Å². The molecule has 1 aromatic heterocycles. The maximum absolute atomic E-state index is 10.2. The van der Waals surface area contributed by atoms with Gasteiger partial charge in [0.05, 0.1) is 5.69 Å². The van der Waals surface area contributed by atoms with E-state index < -0.39 is 6.09 Å². The Kier molecular flexibility index (Phi) is 2.10. The third-order valence-corrected chi connectivity index (χ3v) is 1.28. The van der Waals surface area contributed by atoms with Gasteiger partial charge in [0.25, 0.3) is 0 Å². The number of ether oxygens (including phenoxy) is 1. The van der Waals surface area contributed by atoms with E-state index in [9.17, 15) is 4.79 Å². The van der Waals surface area contributed by atoms with Crippen LogP contribution in [0.25, 0.3) is 0 Å². The Morgan fingerprint density at radius 1 is 1.91 bits per heavy atom. The molecule has 1 heterocycles. The Bertz CT molecular complexity index is 256. The number of hydrogen-bond acceptors (Lipinski definition) is 3. The minimum absolute atomic E-state index is 0.172. The molecule has 0 unspecified atom stereocenters. The van der Waals surface area contributed by atoms with E-state index in [1.54, 1.807) is 24.0 Å². The summed E-state index contributed by atoms with van der Waals surface area (Å²) in [6, 6.07) is 1.75. The van der Waals surface area contributed by atoms with Crippen LogP contribution in [0.2, 0.25) is 0 Å². The highest BCUT2D eigenvalue weighted by atomic mass is 16.5. The first kappa shape index (κ1) is 7.59. The van der Waals surface area contributed by atoms with Crippen molar-refractivity contribution in [2.45, 2.75) is 6.61 Å². The third kappa shape index (κ3) is 1.96. The summed E-state index contributed by atoms with van der Waals surface area (Å²) >= 11 is 0. The number of hydrogen-bond donors (Lipinski definition) is 1. The second-order valence-electron chi connectivity index (χ2n) is 2.05. The number of rotatable bonds is 2. The molecule has 11 heavy (non-hydrogen) atoms. The Morgan fingerprint density at radius 3 is 3.09 bits per heavy atom. The first-order valence-electron chi connectivity index (χ1n) is 3.09. The van der Waals surface area contributed by atoms with Crippen LogP contribution in [-0.4, -0.2) is 15.9 Å². The van der Waals surface area contributed by atoms with Crippen molar-refractivity contribution in [2.24, 2.45) is 12.8 Å². The second kappa shape index (κ2) is 3.05. The van der Waals surface area contributed by atoms with Crippen LogP contribution in [0.5, 0.6) is 0 Å². The monoisotopic (exact) mass is 155 g/mol. The maximum atomic E-state index is 10.2. The number of amides is 1. The van der Waals surface area contributed by atoms with E-state index in [0.717, 1.165) is 5.69 Å². The minimum Gasteiger partial charge on any atom is -0.443 e. The fourth-order valence-corrected chi connectivity index (χ4v) is 0.688. The van der Waals surface area contributed by atoms with Crippen molar-refractivity contribution in [1.29, 1.82) is 0 Å². The lowest BCUT2D eigenvalue weighted by Crippen LogP contribution is -2.13. The Morgan fingerprint density at radius 2 is 2.64 bits per heavy atom. The van der Waals surface area contributed by atoms with Gasteiger partial charge in [-0.05, 0) is 6.07 Å². The van der Waals surface area contributed by atoms with E-state index in [2.05, 4.69) is 9.84 Å². The summed E-state index contributed by atoms with van der Waals surface area (Å²) in [6.07, 6.45) is 0.853. The van der Waals surface area contributed by atoms with Gasteiger partial charge in [-0.25, -0.2) is 4.79 Å². The molecule has 0 saturated carbocycles. The number of aromatic nitrogens is 2. The van der Waals surface area contributed by atoms with Crippen molar-refractivity contribution in [3.05, 3.63) is 18.0 Å². The van der Waals surface area contributed by atoms with E-state index in [1.807, 2.05) is 0 Å². The molecule has 60 valence electrons. The topological polar surface area (TPSA) is 70.1 Å². The number of nitrogens with two attached hydrogens (primary N) is 1. The molecule has 2 N–H and O–H groups in total. The molecule has 1 amide bonds. The van der Waals surface area contributed by atoms with Crippen molar-refractivity contribution >= 4 is 6.09 Å². The van der Waals surface area contributed by atoms with Gasteiger partial charge in [-0.1, -0.05) is 0 Å². The fraction of sp³-hybridized carbons (Fsp3) is 0.333. The Balaban J connectivity index is 2.51. The van der Waals surface area contributed by atoms with Gasteiger partial charge in [0.1, 0.15) is 6.61 Å². The van der Waals surface area contributed by atoms with Crippen molar-refractivity contribution in [3.63, 3.8) is 0 Å². The third-order valence-electron chi connectivity index (χ3n) is 1.28. The van der Waals surface area contributed by atoms with Gasteiger partial charge in [-0.2, -0.15) is 5.10 Å². The molecule has 0 bridgehead atoms. The summed E-state index contributed by atoms with van der Waals surface area (Å²) in [4.78, 5) is 10.2. The summed E-state index contributed by atoms with van der Waals surface area (Å²) in [6.45, 7) is 0.172. The molecule has 1 rings (SSSR count). The Hall–Kier alpha value is -1.52. The number of primary amides is 1. The largest absolute Gasteiger partial charge is 0.443 e. The molecule has 0 aliphatic carbocycles. The molecule has 0 radical (unpaired) electrons. The minimum atomic E-state index is -0.772. The van der Waals surface area contributed by atoms with Gasteiger partial charge < -0.3 is 10.5 Å². The molecule has 1 aromatic rings. The zero-order valence-corrected chi connectivity index (χ0v) is 6.15. The van der Waals surface area contributed by atoms with Crippen LogP contribution in [-0.2, 0) is 18.4 Å². The van der Waals surface area contributed by atoms with Crippen LogP contribution in [0.3, 0.4) is 0 Å². The molecule has 0 saturated heterocycles. The average Bonchev–Trinajstić information content (AvgIpc) is 2.31. The predicted molar refractivity (Wildman–Crippen MR) is 37.6 cm³/mol. The van der Waals surface area contributed by atoms with E-state index >= 15 is 0 Å². The van der Waals surface area contributed by atoms with Gasteiger partial charge >= 0.3 is 6.09 Å². The average molecular weight is 155 g/mol. The van der Waals surface area contributed by atoms with Crippen molar-refractivity contribution in [1.82, 2.24) is 9.78 Å². The standard InChI is InChI=1S/C6H9N3O2/c1-9-5(2-3-8-9)4-11-6(7)10/h2-3H,4H2,1H3,(H2,7,10). The van der Waals surface area contributed by atoms with Gasteiger partial charge in [-0.3, -0.25) is 4.68 Å². The van der Waals surface area contributed by atoms with Crippen LogP contribution >= 0.6 is 0 Å². The number of nitrogens with zero attached hydrogens (tertiary/aromatic N) is 2. The fourth-order valence-electron chi connectivity index (χ4n) is 0.688. The Labute approximate surface area is 63.7 Å². The zero-order valence-electron chi connectivity index (χ0n) is 6.15. The summed E-state index contributed by atoms with van der Waals surface area (Å²) in [5.74, 6) is 0. The summed E-state index contributed by atoms with van der Waals surface area (Å²) < 4.78 is 6.16. The summed E-state index contributed by atoms with van der Waals surface area (Å²) in [5.41, 5.74) is 5.58. The van der Waals surface area contributed by atoms with E-state index in [4.69, 9.17) is 5.73 Å². The molecular weight excluding hydrogens is 146 g/mol. The number of carbonyl (C=O) groups is 1. The molecule has 0 fully saturated rings. The quantitative estimate of drug-likeness (QED) is 0.654. The van der Waals surface area contributed by atoms with Gasteiger partial charge in [0.2, 0.25) is 0 Å². The van der Waals surface area contributed by atoms with Crippen LogP contribution in [0.15, 0.2) is 12.3 Å². The molecule has 5 heteroatoms. The highest BCUT2D eigenvalue weighted by Gasteiger charge is 1.99. The first-order chi connectivity index (χ1) is 5.20. The van der Waals surface area contributed by atoms with Gasteiger partial charge in [0.15, 0.2) is 0 Å². The van der Waals surface area contributed by atoms with Gasteiger partial charge in [0, 0.05) is 13.2 Å². The highest BCUT2D eigenvalue weighted by molar-refractivity contribution is 5.64. The van der Waals surface area contributed by atoms with Crippen LogP contribution in [0.4, 0.5) is 4.79 Å². The van der Waals surface area contributed by atoms with Crippen molar-refractivity contribution in [2.75, 3.05) is 0 Å². The normalized spacial score (nSPS) is 9.55. The molecular formula is C6H9N3O2.